The van der Waals surface area contributed by atoms with E-state index in [1.165, 1.54) is 26.2 Å². The van der Waals surface area contributed by atoms with Gasteiger partial charge in [0.25, 0.3) is 0 Å². The molecule has 3 aliphatic rings. The number of aliphatic carboxylic acids is 1. The van der Waals surface area contributed by atoms with Crippen LogP contribution in [0.25, 0.3) is 0 Å². The van der Waals surface area contributed by atoms with Crippen molar-refractivity contribution < 1.29 is 19.4 Å². The van der Waals surface area contributed by atoms with Gasteiger partial charge in [-0.05, 0) is 51.9 Å². The van der Waals surface area contributed by atoms with Crippen LogP contribution in [0.5, 0.6) is 0 Å². The van der Waals surface area contributed by atoms with Crippen molar-refractivity contribution in [1.82, 2.24) is 0 Å². The van der Waals surface area contributed by atoms with E-state index in [9.17, 15) is 9.59 Å². The summed E-state index contributed by atoms with van der Waals surface area (Å²) in [4.78, 5) is 22.9. The molecule has 2 heterocycles. The summed E-state index contributed by atoms with van der Waals surface area (Å²) in [5.41, 5.74) is -0.569. The first-order valence-electron chi connectivity index (χ1n) is 7.92. The predicted molar refractivity (Wildman–Crippen MR) is 81.1 cm³/mol. The van der Waals surface area contributed by atoms with E-state index >= 15 is 0 Å². The van der Waals surface area contributed by atoms with Gasteiger partial charge in [-0.3, -0.25) is 9.59 Å². The molecule has 118 valence electrons. The van der Waals surface area contributed by atoms with Crippen LogP contribution in [-0.2, 0) is 14.3 Å². The number of fused-ring (bicyclic) bond motifs is 5. The Kier molecular flexibility index (Phi) is 3.75. The van der Waals surface area contributed by atoms with E-state index in [0.717, 1.165) is 23.5 Å². The Morgan fingerprint density at radius 2 is 1.95 bits per heavy atom. The number of esters is 1. The number of hydrogen-bond donors (Lipinski definition) is 1. The molecule has 0 aromatic rings. The first-order chi connectivity index (χ1) is 9.81. The van der Waals surface area contributed by atoms with E-state index in [-0.39, 0.29) is 0 Å². The van der Waals surface area contributed by atoms with Gasteiger partial charge < -0.3 is 9.84 Å². The van der Waals surface area contributed by atoms with E-state index in [1.54, 1.807) is 0 Å². The molecule has 5 heteroatoms. The standard InChI is InChI=1S/C16H24O4S/c1-8(14(17)18)15(19)20-16(2,3)11-7-12-9-5-4-6-10(9)13(11)21-12/h8-13H,4-7H2,1-3H3,(H,17,18). The minimum atomic E-state index is -1.12. The number of ether oxygens (including phenoxy) is 1. The van der Waals surface area contributed by atoms with Crippen LogP contribution in [0.2, 0.25) is 0 Å². The quantitative estimate of drug-likeness (QED) is 0.639. The highest BCUT2D eigenvalue weighted by atomic mass is 32.2. The van der Waals surface area contributed by atoms with E-state index in [0.29, 0.717) is 11.2 Å². The van der Waals surface area contributed by atoms with Crippen molar-refractivity contribution in [1.29, 1.82) is 0 Å². The Morgan fingerprint density at radius 1 is 1.29 bits per heavy atom. The Balaban J connectivity index is 1.69. The van der Waals surface area contributed by atoms with Crippen LogP contribution in [-0.4, -0.2) is 33.1 Å². The lowest BCUT2D eigenvalue weighted by molar-refractivity contribution is -0.172. The van der Waals surface area contributed by atoms with Crippen molar-refractivity contribution in [3.8, 4) is 0 Å². The molecular formula is C16H24O4S. The maximum Gasteiger partial charge on any atom is 0.320 e. The average molecular weight is 312 g/mol. The lowest BCUT2D eigenvalue weighted by atomic mass is 9.70. The third-order valence-corrected chi connectivity index (χ3v) is 7.60. The van der Waals surface area contributed by atoms with Crippen molar-refractivity contribution in [2.75, 3.05) is 0 Å². The fourth-order valence-corrected chi connectivity index (χ4v) is 6.93. The highest BCUT2D eigenvalue weighted by molar-refractivity contribution is 8.01. The van der Waals surface area contributed by atoms with Crippen LogP contribution in [0.1, 0.15) is 46.5 Å². The zero-order chi connectivity index (χ0) is 15.4. The van der Waals surface area contributed by atoms with Gasteiger partial charge in [-0.2, -0.15) is 11.8 Å². The van der Waals surface area contributed by atoms with Gasteiger partial charge in [-0.1, -0.05) is 6.42 Å². The molecule has 0 radical (unpaired) electrons. The van der Waals surface area contributed by atoms with Crippen LogP contribution in [0.4, 0.5) is 0 Å². The largest absolute Gasteiger partial charge is 0.481 e. The second-order valence-corrected chi connectivity index (χ2v) is 8.75. The van der Waals surface area contributed by atoms with E-state index in [1.807, 2.05) is 13.8 Å². The fraction of sp³-hybridized carbons (Fsp3) is 0.875. The molecule has 3 rings (SSSR count). The van der Waals surface area contributed by atoms with Gasteiger partial charge in [-0.15, -0.1) is 0 Å². The highest BCUT2D eigenvalue weighted by Crippen LogP contribution is 2.63. The maximum absolute atomic E-state index is 12.0. The fourth-order valence-electron chi connectivity index (χ4n) is 4.50. The van der Waals surface area contributed by atoms with Crippen LogP contribution >= 0.6 is 11.8 Å². The minimum absolute atomic E-state index is 0.358. The second-order valence-electron chi connectivity index (χ2n) is 7.32. The zero-order valence-electron chi connectivity index (χ0n) is 12.9. The smallest absolute Gasteiger partial charge is 0.320 e. The molecular weight excluding hydrogens is 288 g/mol. The molecule has 6 atom stereocenters. The molecule has 21 heavy (non-hydrogen) atoms. The van der Waals surface area contributed by atoms with Gasteiger partial charge in [-0.25, -0.2) is 0 Å². The van der Waals surface area contributed by atoms with Crippen molar-refractivity contribution in [2.45, 2.75) is 62.6 Å². The molecule has 2 bridgehead atoms. The summed E-state index contributed by atoms with van der Waals surface area (Å²) < 4.78 is 5.61. The third-order valence-electron chi connectivity index (χ3n) is 5.72. The number of carbonyl (C=O) groups is 2. The average Bonchev–Trinajstić information content (AvgIpc) is 3.08. The van der Waals surface area contributed by atoms with Gasteiger partial charge in [0.15, 0.2) is 5.92 Å². The molecule has 2 aliphatic heterocycles. The summed E-state index contributed by atoms with van der Waals surface area (Å²) >= 11 is 2.09. The molecule has 0 aromatic carbocycles. The first-order valence-corrected chi connectivity index (χ1v) is 8.86. The topological polar surface area (TPSA) is 63.6 Å². The Morgan fingerprint density at radius 3 is 2.62 bits per heavy atom. The van der Waals surface area contributed by atoms with E-state index in [2.05, 4.69) is 11.8 Å². The lowest BCUT2D eigenvalue weighted by Gasteiger charge is -2.40. The molecule has 4 nitrogen and oxygen atoms in total. The van der Waals surface area contributed by atoms with Crippen molar-refractivity contribution in [3.05, 3.63) is 0 Å². The highest BCUT2D eigenvalue weighted by Gasteiger charge is 2.58. The SMILES string of the molecule is CC(C(=O)O)C(=O)OC(C)(C)C1CC2SC1C1CCCC21. The summed E-state index contributed by atoms with van der Waals surface area (Å²) in [6, 6.07) is 0. The third kappa shape index (κ3) is 2.47. The van der Waals surface area contributed by atoms with Crippen molar-refractivity contribution in [3.63, 3.8) is 0 Å². The zero-order valence-corrected chi connectivity index (χ0v) is 13.7. The molecule has 0 aromatic heterocycles. The van der Waals surface area contributed by atoms with Gasteiger partial charge in [0.05, 0.1) is 0 Å². The molecule has 6 unspecified atom stereocenters. The Hall–Kier alpha value is -0.710. The number of carboxylic acid groups (broad SMARTS) is 1. The number of hydrogen-bond acceptors (Lipinski definition) is 4. The molecule has 1 aliphatic carbocycles. The maximum atomic E-state index is 12.0. The number of carbonyl (C=O) groups excluding carboxylic acids is 1. The summed E-state index contributed by atoms with van der Waals surface area (Å²) in [6.07, 6.45) is 5.12. The molecule has 1 saturated carbocycles. The van der Waals surface area contributed by atoms with Crippen LogP contribution < -0.4 is 0 Å². The van der Waals surface area contributed by atoms with Crippen LogP contribution in [0.15, 0.2) is 0 Å². The van der Waals surface area contributed by atoms with Gasteiger partial charge >= 0.3 is 11.9 Å². The normalized spacial score (nSPS) is 39.1. The number of rotatable bonds is 4. The van der Waals surface area contributed by atoms with Crippen LogP contribution in [0.3, 0.4) is 0 Å². The van der Waals surface area contributed by atoms with Crippen molar-refractivity contribution >= 4 is 23.7 Å². The molecule has 1 N–H and O–H groups in total. The summed E-state index contributed by atoms with van der Waals surface area (Å²) in [7, 11) is 0. The monoisotopic (exact) mass is 312 g/mol. The Labute approximate surface area is 130 Å². The summed E-state index contributed by atoms with van der Waals surface area (Å²) in [5.74, 6) is -0.793. The number of thioether (sulfide) groups is 1. The predicted octanol–water partition coefficient (Wildman–Crippen LogP) is 2.95. The van der Waals surface area contributed by atoms with Crippen molar-refractivity contribution in [2.24, 2.45) is 23.7 Å². The van der Waals surface area contributed by atoms with Gasteiger partial charge in [0, 0.05) is 16.4 Å². The molecule has 0 spiro atoms. The van der Waals surface area contributed by atoms with Gasteiger partial charge in [0.2, 0.25) is 0 Å². The van der Waals surface area contributed by atoms with Gasteiger partial charge in [0.1, 0.15) is 5.60 Å². The number of carboxylic acids is 1. The summed E-state index contributed by atoms with van der Waals surface area (Å²) in [5, 5.41) is 10.3. The Bertz CT molecular complexity index is 461. The minimum Gasteiger partial charge on any atom is -0.481 e. The molecule has 2 saturated heterocycles. The second kappa shape index (κ2) is 5.18. The van der Waals surface area contributed by atoms with E-state index < -0.39 is 23.5 Å². The summed E-state index contributed by atoms with van der Waals surface area (Å²) in [6.45, 7) is 5.30. The molecule has 0 amide bonds. The van der Waals surface area contributed by atoms with Crippen LogP contribution in [0, 0.1) is 23.7 Å². The first kappa shape index (κ1) is 15.2. The lowest BCUT2D eigenvalue weighted by Crippen LogP contribution is -2.46. The molecule has 3 fully saturated rings. The van der Waals surface area contributed by atoms with E-state index in [4.69, 9.17) is 9.84 Å².